The second-order valence-corrected chi connectivity index (χ2v) is 8.97. The van der Waals surface area contributed by atoms with E-state index in [1.165, 1.54) is 51.0 Å². The number of aryl methyl sites for hydroxylation is 1. The minimum absolute atomic E-state index is 0.458. The van der Waals surface area contributed by atoms with Gasteiger partial charge in [-0.1, -0.05) is 102 Å². The van der Waals surface area contributed by atoms with Gasteiger partial charge in [-0.3, -0.25) is 0 Å². The summed E-state index contributed by atoms with van der Waals surface area (Å²) in [6.07, 6.45) is 2.32. The topological polar surface area (TPSA) is 4.93 Å². The third-order valence-corrected chi connectivity index (χ3v) is 6.07. The van der Waals surface area contributed by atoms with Crippen molar-refractivity contribution in [2.75, 3.05) is 0 Å². The molecule has 1 aromatic heterocycles. The van der Waals surface area contributed by atoms with E-state index in [1.807, 2.05) is 0 Å². The van der Waals surface area contributed by atoms with Crippen molar-refractivity contribution in [2.45, 2.75) is 59.3 Å². The SMILES string of the molecule is CCCc1ccc(-c2cc3ccccc3n2-c2c(C(C)C)cccc2C(C)C)cc1. The number of para-hydroxylation sites is 2. The summed E-state index contributed by atoms with van der Waals surface area (Å²) in [5.74, 6) is 0.916. The molecule has 1 heterocycles. The fourth-order valence-electron chi connectivity index (χ4n) is 4.51. The van der Waals surface area contributed by atoms with E-state index in [4.69, 9.17) is 0 Å². The van der Waals surface area contributed by atoms with Gasteiger partial charge in [0, 0.05) is 5.39 Å². The van der Waals surface area contributed by atoms with Crippen molar-refractivity contribution in [1.82, 2.24) is 4.57 Å². The van der Waals surface area contributed by atoms with E-state index in [-0.39, 0.29) is 0 Å². The van der Waals surface area contributed by atoms with Gasteiger partial charge < -0.3 is 4.57 Å². The average Bonchev–Trinajstić information content (AvgIpc) is 3.13. The molecular formula is C29H33N. The Hall–Kier alpha value is -2.80. The summed E-state index contributed by atoms with van der Waals surface area (Å²) >= 11 is 0. The van der Waals surface area contributed by atoms with Gasteiger partial charge in [-0.2, -0.15) is 0 Å². The molecule has 0 spiro atoms. The maximum atomic E-state index is 2.51. The van der Waals surface area contributed by atoms with E-state index >= 15 is 0 Å². The lowest BCUT2D eigenvalue weighted by Crippen LogP contribution is -2.08. The largest absolute Gasteiger partial charge is 0.309 e. The number of aromatic nitrogens is 1. The van der Waals surface area contributed by atoms with E-state index in [0.29, 0.717) is 11.8 Å². The monoisotopic (exact) mass is 395 g/mol. The van der Waals surface area contributed by atoms with Crippen LogP contribution in [0.2, 0.25) is 0 Å². The highest BCUT2D eigenvalue weighted by atomic mass is 15.0. The molecule has 0 aliphatic rings. The molecule has 1 heteroatoms. The molecule has 1 nitrogen and oxygen atoms in total. The number of hydrogen-bond donors (Lipinski definition) is 0. The molecule has 4 aromatic rings. The van der Waals surface area contributed by atoms with Crippen LogP contribution in [0.4, 0.5) is 0 Å². The first-order valence-corrected chi connectivity index (χ1v) is 11.3. The Bertz CT molecular complexity index is 1120. The Morgan fingerprint density at radius 2 is 1.37 bits per heavy atom. The minimum atomic E-state index is 0.458. The van der Waals surface area contributed by atoms with Crippen molar-refractivity contribution in [3.8, 4) is 16.9 Å². The predicted octanol–water partition coefficient (Wildman–Crippen LogP) is 8.50. The number of hydrogen-bond acceptors (Lipinski definition) is 0. The minimum Gasteiger partial charge on any atom is -0.309 e. The molecule has 0 fully saturated rings. The van der Waals surface area contributed by atoms with Gasteiger partial charge >= 0.3 is 0 Å². The smallest absolute Gasteiger partial charge is 0.0541 e. The second kappa shape index (κ2) is 8.52. The van der Waals surface area contributed by atoms with Crippen LogP contribution in [0.5, 0.6) is 0 Å². The molecule has 0 amide bonds. The van der Waals surface area contributed by atoms with Gasteiger partial charge in [0.15, 0.2) is 0 Å². The lowest BCUT2D eigenvalue weighted by Gasteiger charge is -2.23. The van der Waals surface area contributed by atoms with Gasteiger partial charge in [0.2, 0.25) is 0 Å². The Kier molecular flexibility index (Phi) is 5.81. The van der Waals surface area contributed by atoms with Crippen LogP contribution in [-0.2, 0) is 6.42 Å². The Labute approximate surface area is 181 Å². The zero-order chi connectivity index (χ0) is 21.3. The van der Waals surface area contributed by atoms with Crippen molar-refractivity contribution < 1.29 is 0 Å². The van der Waals surface area contributed by atoms with E-state index in [9.17, 15) is 0 Å². The maximum absolute atomic E-state index is 2.51. The van der Waals surface area contributed by atoms with E-state index in [2.05, 4.69) is 112 Å². The standard InChI is InChI=1S/C29H33N/c1-6-10-22-15-17-23(18-16-22)28-19-24-11-7-8-14-27(24)30(28)29-25(20(2)3)12-9-13-26(29)21(4)5/h7-9,11-21H,6,10H2,1-5H3. The van der Waals surface area contributed by atoms with Crippen LogP contribution in [0.1, 0.15) is 69.6 Å². The zero-order valence-electron chi connectivity index (χ0n) is 18.9. The van der Waals surface area contributed by atoms with Crippen LogP contribution >= 0.6 is 0 Å². The van der Waals surface area contributed by atoms with Crippen LogP contribution in [0.15, 0.2) is 72.8 Å². The van der Waals surface area contributed by atoms with Crippen LogP contribution in [0.3, 0.4) is 0 Å². The molecule has 0 atom stereocenters. The molecule has 30 heavy (non-hydrogen) atoms. The van der Waals surface area contributed by atoms with Gasteiger partial charge in [-0.05, 0) is 52.6 Å². The number of fused-ring (bicyclic) bond motifs is 1. The summed E-state index contributed by atoms with van der Waals surface area (Å²) in [5.41, 5.74) is 9.41. The Morgan fingerprint density at radius 1 is 0.733 bits per heavy atom. The van der Waals surface area contributed by atoms with Crippen LogP contribution in [-0.4, -0.2) is 4.57 Å². The summed E-state index contributed by atoms with van der Waals surface area (Å²) in [6.45, 7) is 11.4. The van der Waals surface area contributed by atoms with Crippen molar-refractivity contribution in [1.29, 1.82) is 0 Å². The van der Waals surface area contributed by atoms with E-state index in [0.717, 1.165) is 6.42 Å². The van der Waals surface area contributed by atoms with Crippen molar-refractivity contribution in [3.63, 3.8) is 0 Å². The third kappa shape index (κ3) is 3.69. The first-order chi connectivity index (χ1) is 14.5. The van der Waals surface area contributed by atoms with E-state index < -0.39 is 0 Å². The highest BCUT2D eigenvalue weighted by Gasteiger charge is 2.20. The predicted molar refractivity (Wildman–Crippen MR) is 131 cm³/mol. The van der Waals surface area contributed by atoms with Crippen LogP contribution in [0.25, 0.3) is 27.8 Å². The molecule has 154 valence electrons. The second-order valence-electron chi connectivity index (χ2n) is 8.97. The average molecular weight is 396 g/mol. The fraction of sp³-hybridized carbons (Fsp3) is 0.310. The lowest BCUT2D eigenvalue weighted by molar-refractivity contribution is 0.812. The van der Waals surface area contributed by atoms with Gasteiger partial charge in [0.1, 0.15) is 0 Å². The van der Waals surface area contributed by atoms with Crippen LogP contribution < -0.4 is 0 Å². The first-order valence-electron chi connectivity index (χ1n) is 11.3. The fourth-order valence-corrected chi connectivity index (χ4v) is 4.51. The molecule has 0 N–H and O–H groups in total. The van der Waals surface area contributed by atoms with Crippen LogP contribution in [0, 0.1) is 0 Å². The molecule has 0 aliphatic carbocycles. The highest BCUT2D eigenvalue weighted by Crippen LogP contribution is 2.38. The zero-order valence-corrected chi connectivity index (χ0v) is 18.9. The third-order valence-electron chi connectivity index (χ3n) is 6.07. The molecule has 0 saturated carbocycles. The summed E-state index contributed by atoms with van der Waals surface area (Å²) in [6, 6.07) is 27.1. The molecule has 0 bridgehead atoms. The van der Waals surface area contributed by atoms with Gasteiger partial charge in [-0.25, -0.2) is 0 Å². The molecule has 3 aromatic carbocycles. The summed E-state index contributed by atoms with van der Waals surface area (Å²) in [5, 5.41) is 1.29. The van der Waals surface area contributed by atoms with E-state index in [1.54, 1.807) is 0 Å². The first kappa shape index (κ1) is 20.5. The Balaban J connectivity index is 2.04. The molecule has 0 unspecified atom stereocenters. The molecular weight excluding hydrogens is 362 g/mol. The molecule has 0 radical (unpaired) electrons. The summed E-state index contributed by atoms with van der Waals surface area (Å²) in [4.78, 5) is 0. The van der Waals surface area contributed by atoms with Crippen molar-refractivity contribution in [2.24, 2.45) is 0 Å². The number of nitrogens with zero attached hydrogens (tertiary/aromatic N) is 1. The quantitative estimate of drug-likeness (QED) is 0.308. The summed E-state index contributed by atoms with van der Waals surface area (Å²) in [7, 11) is 0. The number of rotatable bonds is 6. The molecule has 0 saturated heterocycles. The summed E-state index contributed by atoms with van der Waals surface area (Å²) < 4.78 is 2.51. The molecule has 4 rings (SSSR count). The van der Waals surface area contributed by atoms with Gasteiger partial charge in [0.05, 0.1) is 16.9 Å². The molecule has 0 aliphatic heterocycles. The normalized spacial score (nSPS) is 11.7. The van der Waals surface area contributed by atoms with Gasteiger partial charge in [-0.15, -0.1) is 0 Å². The Morgan fingerprint density at radius 3 is 1.97 bits per heavy atom. The highest BCUT2D eigenvalue weighted by molar-refractivity contribution is 5.90. The maximum Gasteiger partial charge on any atom is 0.0541 e. The van der Waals surface area contributed by atoms with Gasteiger partial charge in [0.25, 0.3) is 0 Å². The number of benzene rings is 3. The van der Waals surface area contributed by atoms with Crippen molar-refractivity contribution in [3.05, 3.63) is 89.5 Å². The van der Waals surface area contributed by atoms with Crippen molar-refractivity contribution >= 4 is 10.9 Å². The lowest BCUT2D eigenvalue weighted by atomic mass is 9.92.